The van der Waals surface area contributed by atoms with Gasteiger partial charge in [0.05, 0.1) is 43.7 Å². The number of oxime groups is 1. The number of carbonyl (C=O) groups excluding carboxylic acids is 4. The Kier molecular flexibility index (Phi) is 14.9. The molecule has 4 amide bonds. The van der Waals surface area contributed by atoms with Crippen molar-refractivity contribution in [3.8, 4) is 0 Å². The summed E-state index contributed by atoms with van der Waals surface area (Å²) >= 11 is 11.5. The fourth-order valence-electron chi connectivity index (χ4n) is 5.18. The van der Waals surface area contributed by atoms with Crippen LogP contribution in [-0.4, -0.2) is 57.5 Å². The molecule has 0 aliphatic rings. The number of halogens is 6. The molecule has 0 unspecified atom stereocenters. The van der Waals surface area contributed by atoms with Crippen LogP contribution < -0.4 is 32.7 Å². The van der Waals surface area contributed by atoms with Crippen LogP contribution in [0, 0.1) is 23.3 Å². The van der Waals surface area contributed by atoms with Gasteiger partial charge in [0.1, 0.15) is 40.7 Å². The number of rotatable bonds is 10. The van der Waals surface area contributed by atoms with Gasteiger partial charge >= 0.3 is 0 Å². The van der Waals surface area contributed by atoms with Gasteiger partial charge in [-0.1, -0.05) is 40.5 Å². The molecule has 0 bridgehead atoms. The number of amides is 4. The first-order valence-corrected chi connectivity index (χ1v) is 18.2. The summed E-state index contributed by atoms with van der Waals surface area (Å²) in [6.07, 6.45) is 2.64. The lowest BCUT2D eigenvalue weighted by molar-refractivity contribution is 0.100. The number of aliphatic imine (C=N–C) groups is 1. The lowest BCUT2D eigenvalue weighted by atomic mass is 10.1. The molecule has 2 heterocycles. The zero-order valence-corrected chi connectivity index (χ0v) is 33.2. The second kappa shape index (κ2) is 20.4. The number of hydrogen-bond donors (Lipinski definition) is 7. The first-order chi connectivity index (χ1) is 29.6. The monoisotopic (exact) mass is 888 g/mol. The number of nitrogens with zero attached hydrogens (tertiary/aromatic N) is 4. The van der Waals surface area contributed by atoms with Gasteiger partial charge in [-0.15, -0.1) is 0 Å². The van der Waals surface area contributed by atoms with Crippen molar-refractivity contribution < 1.29 is 41.9 Å². The molecule has 9 N–H and O–H groups in total. The molecule has 0 atom stereocenters. The summed E-state index contributed by atoms with van der Waals surface area (Å²) in [6.45, 7) is 0. The lowest BCUT2D eigenvalue weighted by Crippen LogP contribution is -2.20. The predicted octanol–water partition coefficient (Wildman–Crippen LogP) is 7.47. The molecular weight excluding hydrogens is 859 g/mol. The maximum atomic E-state index is 14.4. The number of aromatic nitrogens is 2. The minimum absolute atomic E-state index is 0.0176. The van der Waals surface area contributed by atoms with Crippen LogP contribution in [-0.2, 0) is 0 Å². The van der Waals surface area contributed by atoms with Crippen LogP contribution in [0.3, 0.4) is 0 Å². The van der Waals surface area contributed by atoms with E-state index in [0.29, 0.717) is 15.6 Å². The fraction of sp³-hybridized carbons (Fsp3) is 0.0244. The van der Waals surface area contributed by atoms with Gasteiger partial charge < -0.3 is 37.9 Å². The zero-order valence-electron chi connectivity index (χ0n) is 31.7. The van der Waals surface area contributed by atoms with Crippen LogP contribution >= 0.6 is 23.2 Å². The highest BCUT2D eigenvalue weighted by Crippen LogP contribution is 2.23. The van der Waals surface area contributed by atoms with Gasteiger partial charge in [0.2, 0.25) is 0 Å². The van der Waals surface area contributed by atoms with E-state index in [9.17, 15) is 36.7 Å². The largest absolute Gasteiger partial charge is 0.409 e. The maximum absolute atomic E-state index is 14.4. The molecule has 0 spiro atoms. The Morgan fingerprint density at radius 1 is 0.548 bits per heavy atom. The second-order valence-corrected chi connectivity index (χ2v) is 13.3. The molecule has 62 heavy (non-hydrogen) atoms. The number of nitrogens with one attached hydrogen (secondary N) is 4. The van der Waals surface area contributed by atoms with Crippen LogP contribution in [0.25, 0.3) is 0 Å². The molecule has 0 aliphatic heterocycles. The quantitative estimate of drug-likeness (QED) is 0.0237. The van der Waals surface area contributed by atoms with Gasteiger partial charge in [0.25, 0.3) is 23.6 Å². The smallest absolute Gasteiger partial charge is 0.259 e. The van der Waals surface area contributed by atoms with E-state index in [0.717, 1.165) is 42.5 Å². The number of anilines is 4. The van der Waals surface area contributed by atoms with Crippen molar-refractivity contribution in [1.82, 2.24) is 9.97 Å². The van der Waals surface area contributed by atoms with Gasteiger partial charge in [-0.2, -0.15) is 0 Å². The van der Waals surface area contributed by atoms with Crippen LogP contribution in [0.5, 0.6) is 0 Å². The van der Waals surface area contributed by atoms with Crippen molar-refractivity contribution in [3.05, 3.63) is 176 Å². The summed E-state index contributed by atoms with van der Waals surface area (Å²) in [6, 6.07) is 19.3. The second-order valence-electron chi connectivity index (χ2n) is 12.4. The van der Waals surface area contributed by atoms with Crippen molar-refractivity contribution in [1.29, 1.82) is 0 Å². The molecule has 21 heteroatoms. The summed E-state index contributed by atoms with van der Waals surface area (Å²) in [5, 5.41) is 21.9. The molecule has 0 saturated heterocycles. The summed E-state index contributed by atoms with van der Waals surface area (Å²) < 4.78 is 56.3. The topological polar surface area (TPSA) is 239 Å². The van der Waals surface area contributed by atoms with Crippen LogP contribution in [0.1, 0.15) is 52.6 Å². The molecule has 2 aromatic heterocycles. The number of hydrogen-bond acceptors (Lipinski definition) is 9. The van der Waals surface area contributed by atoms with Crippen LogP contribution in [0.2, 0.25) is 10.0 Å². The Morgan fingerprint density at radius 2 is 0.952 bits per heavy atom. The van der Waals surface area contributed by atoms with Crippen molar-refractivity contribution in [2.75, 3.05) is 28.3 Å². The molecule has 0 fully saturated rings. The molecule has 6 aromatic rings. The number of pyridine rings is 2. The van der Waals surface area contributed by atoms with E-state index >= 15 is 0 Å². The van der Waals surface area contributed by atoms with Crippen molar-refractivity contribution >= 4 is 81.5 Å². The van der Waals surface area contributed by atoms with Crippen molar-refractivity contribution in [2.45, 2.75) is 0 Å². The standard InChI is InChI=1S/C21H16ClF2N5O2.C20H14ClF2N5O3/c1-26-19(25)11-2-5-14(16(24)8-11)20(30)28-17-6-4-13(23)9-15(17)21(31)29-18-7-3-12(22)10-27-18;21-11-2-6-17(25-9-11)27-20(30)14-8-12(22)3-5-16(14)26-19(29)13-4-1-10(7-15(13)23)18(24)28-31/h2-10H,1H3,(H2,25,26)(H,28,30)(H,27,29,31);1-9,31H,(H2,24,28)(H,26,29)(H,25,27,30). The fourth-order valence-corrected chi connectivity index (χ4v) is 5.40. The van der Waals surface area contributed by atoms with Gasteiger partial charge in [0.15, 0.2) is 5.84 Å². The average Bonchev–Trinajstić information content (AvgIpc) is 3.25. The van der Waals surface area contributed by atoms with Gasteiger partial charge in [-0.05, 0) is 84.9 Å². The third-order valence-electron chi connectivity index (χ3n) is 8.25. The third kappa shape index (κ3) is 11.6. The normalized spacial score (nSPS) is 11.1. The first-order valence-electron chi connectivity index (χ1n) is 17.4. The highest BCUT2D eigenvalue weighted by atomic mass is 35.5. The van der Waals surface area contributed by atoms with E-state index in [1.807, 2.05) is 0 Å². The molecule has 0 radical (unpaired) electrons. The van der Waals surface area contributed by atoms with E-state index in [2.05, 4.69) is 41.4 Å². The summed E-state index contributed by atoms with van der Waals surface area (Å²) in [4.78, 5) is 61.9. The zero-order chi connectivity index (χ0) is 45.1. The Hall–Kier alpha value is -7.90. The Labute approximate surface area is 358 Å². The number of nitrogens with two attached hydrogens (primary N) is 2. The SMILES string of the molecule is CN=C(N)c1ccc(C(=O)Nc2ccc(F)cc2C(=O)Nc2ccc(Cl)cn2)c(F)c1.N/C(=N/O)c1ccc(C(=O)Nc2ccc(F)cc2C(=O)Nc2ccc(Cl)cn2)c(F)c1. The number of carbonyl (C=O) groups is 4. The predicted molar refractivity (Wildman–Crippen MR) is 225 cm³/mol. The highest BCUT2D eigenvalue weighted by Gasteiger charge is 2.21. The van der Waals surface area contributed by atoms with E-state index in [1.165, 1.54) is 74.0 Å². The van der Waals surface area contributed by atoms with Crippen LogP contribution in [0.4, 0.5) is 40.6 Å². The molecular formula is C41H30Cl2F4N10O5. The van der Waals surface area contributed by atoms with Crippen molar-refractivity contribution in [3.63, 3.8) is 0 Å². The van der Waals surface area contributed by atoms with Gasteiger partial charge in [-0.25, -0.2) is 27.5 Å². The average molecular weight is 890 g/mol. The maximum Gasteiger partial charge on any atom is 0.259 e. The summed E-state index contributed by atoms with van der Waals surface area (Å²) in [5.41, 5.74) is 10.3. The van der Waals surface area contributed by atoms with E-state index in [1.54, 1.807) is 0 Å². The Bertz CT molecular complexity index is 2560. The van der Waals surface area contributed by atoms with Gasteiger partial charge in [-0.3, -0.25) is 24.2 Å². The van der Waals surface area contributed by atoms with Crippen molar-refractivity contribution in [2.24, 2.45) is 21.6 Å². The van der Waals surface area contributed by atoms with E-state index in [-0.39, 0.29) is 62.5 Å². The first kappa shape index (κ1) is 45.2. The minimum atomic E-state index is -0.944. The molecule has 6 rings (SSSR count). The number of amidine groups is 2. The molecule has 0 saturated carbocycles. The molecule has 0 aliphatic carbocycles. The molecule has 4 aromatic carbocycles. The van der Waals surface area contributed by atoms with E-state index < -0.39 is 46.9 Å². The highest BCUT2D eigenvalue weighted by molar-refractivity contribution is 6.30. The number of benzene rings is 4. The molecule has 316 valence electrons. The third-order valence-corrected chi connectivity index (χ3v) is 8.70. The summed E-state index contributed by atoms with van der Waals surface area (Å²) in [7, 11) is 1.45. The van der Waals surface area contributed by atoms with E-state index in [4.69, 9.17) is 39.9 Å². The Balaban J connectivity index is 0.000000234. The summed E-state index contributed by atoms with van der Waals surface area (Å²) in [5.74, 6) is -6.31. The van der Waals surface area contributed by atoms with Crippen LogP contribution in [0.15, 0.2) is 120 Å². The lowest BCUT2D eigenvalue weighted by Gasteiger charge is -2.12. The minimum Gasteiger partial charge on any atom is -0.409 e. The molecule has 15 nitrogen and oxygen atoms in total. The van der Waals surface area contributed by atoms with Gasteiger partial charge in [0, 0.05) is 30.6 Å². The Morgan fingerprint density at radius 3 is 1.31 bits per heavy atom.